The molecule has 1 aromatic carbocycles. The summed E-state index contributed by atoms with van der Waals surface area (Å²) in [5, 5.41) is 15.3. The Bertz CT molecular complexity index is 1010. The van der Waals surface area contributed by atoms with Gasteiger partial charge in [0.25, 0.3) is 10.0 Å². The lowest BCUT2D eigenvalue weighted by atomic mass is 10.2. The fraction of sp³-hybridized carbons (Fsp3) is 0.0667. The van der Waals surface area contributed by atoms with Crippen molar-refractivity contribution in [1.82, 2.24) is 10.2 Å². The van der Waals surface area contributed by atoms with Gasteiger partial charge in [-0.25, -0.2) is 13.2 Å². The maximum Gasteiger partial charge on any atom is 0.512 e. The number of ether oxygens (including phenoxy) is 1. The van der Waals surface area contributed by atoms with Crippen LogP contribution in [0.3, 0.4) is 0 Å². The zero-order valence-electron chi connectivity index (χ0n) is 12.9. The number of H-pyrrole nitrogens is 1. The number of anilines is 1. The van der Waals surface area contributed by atoms with Crippen molar-refractivity contribution in [2.75, 3.05) is 4.72 Å². The van der Waals surface area contributed by atoms with Gasteiger partial charge in [-0.2, -0.15) is 5.10 Å². The van der Waals surface area contributed by atoms with E-state index in [1.807, 2.05) is 0 Å². The van der Waals surface area contributed by atoms with Gasteiger partial charge in [-0.05, 0) is 24.6 Å². The zero-order valence-corrected chi connectivity index (χ0v) is 14.5. The van der Waals surface area contributed by atoms with Crippen LogP contribution in [0, 0.1) is 6.92 Å². The minimum absolute atomic E-state index is 0.0480. The molecule has 0 aliphatic rings. The monoisotopic (exact) mass is 379 g/mol. The molecule has 0 radical (unpaired) electrons. The minimum atomic E-state index is -3.90. The molecule has 0 atom stereocenters. The second-order valence-electron chi connectivity index (χ2n) is 5.04. The van der Waals surface area contributed by atoms with Crippen LogP contribution in [0.25, 0.3) is 10.4 Å². The van der Waals surface area contributed by atoms with E-state index in [0.29, 0.717) is 16.0 Å². The fourth-order valence-corrected chi connectivity index (χ4v) is 4.49. The molecule has 0 saturated heterocycles. The summed E-state index contributed by atoms with van der Waals surface area (Å²) in [5.41, 5.74) is 1.30. The summed E-state index contributed by atoms with van der Waals surface area (Å²) < 4.78 is 32.4. The van der Waals surface area contributed by atoms with Crippen molar-refractivity contribution in [3.63, 3.8) is 0 Å². The fourth-order valence-electron chi connectivity index (χ4n) is 2.19. The van der Waals surface area contributed by atoms with Gasteiger partial charge in [0.2, 0.25) is 5.06 Å². The number of hydrogen-bond acceptors (Lipinski definition) is 6. The average Bonchev–Trinajstić information content (AvgIpc) is 3.17. The summed E-state index contributed by atoms with van der Waals surface area (Å²) in [6, 6.07) is 7.99. The number of aromatic amines is 1. The highest BCUT2D eigenvalue weighted by Gasteiger charge is 2.22. The molecule has 3 rings (SSSR count). The van der Waals surface area contributed by atoms with Gasteiger partial charge < -0.3 is 9.84 Å². The second-order valence-corrected chi connectivity index (χ2v) is 7.70. The number of aryl methyl sites for hydroxylation is 1. The number of rotatable bonds is 5. The van der Waals surface area contributed by atoms with Gasteiger partial charge in [0.15, 0.2) is 0 Å². The third-order valence-electron chi connectivity index (χ3n) is 3.29. The largest absolute Gasteiger partial charge is 0.512 e. The molecule has 0 fully saturated rings. The first kappa shape index (κ1) is 17.0. The summed E-state index contributed by atoms with van der Waals surface area (Å²) in [6.07, 6.45) is 1.61. The molecule has 0 unspecified atom stereocenters. The quantitative estimate of drug-likeness (QED) is 0.585. The molecule has 8 nitrogen and oxygen atoms in total. The smallest absolute Gasteiger partial charge is 0.449 e. The van der Waals surface area contributed by atoms with Crippen molar-refractivity contribution in [2.24, 2.45) is 0 Å². The Morgan fingerprint density at radius 1 is 1.36 bits per heavy atom. The second kappa shape index (κ2) is 6.57. The predicted molar refractivity (Wildman–Crippen MR) is 92.5 cm³/mol. The molecule has 3 aromatic rings. The van der Waals surface area contributed by atoms with E-state index in [9.17, 15) is 13.2 Å². The number of carbonyl (C=O) groups is 1. The number of nitrogens with one attached hydrogen (secondary N) is 2. The van der Waals surface area contributed by atoms with Crippen LogP contribution in [0.2, 0.25) is 0 Å². The van der Waals surface area contributed by atoms with Crippen molar-refractivity contribution in [2.45, 2.75) is 11.8 Å². The summed E-state index contributed by atoms with van der Waals surface area (Å²) in [5.74, 6) is 0. The molecule has 130 valence electrons. The Morgan fingerprint density at radius 2 is 2.12 bits per heavy atom. The molecule has 0 spiro atoms. The Hall–Kier alpha value is -2.85. The van der Waals surface area contributed by atoms with E-state index >= 15 is 0 Å². The van der Waals surface area contributed by atoms with Gasteiger partial charge in [-0.3, -0.25) is 9.82 Å². The van der Waals surface area contributed by atoms with Crippen LogP contribution in [-0.2, 0) is 10.0 Å². The predicted octanol–water partition coefficient (Wildman–Crippen LogP) is 3.30. The molecular formula is C15H13N3O5S2. The van der Waals surface area contributed by atoms with Crippen LogP contribution in [0.4, 0.5) is 10.5 Å². The van der Waals surface area contributed by atoms with E-state index in [1.54, 1.807) is 31.3 Å². The number of benzene rings is 1. The molecule has 0 amide bonds. The third kappa shape index (κ3) is 3.64. The van der Waals surface area contributed by atoms with E-state index in [0.717, 1.165) is 11.3 Å². The molecule has 25 heavy (non-hydrogen) atoms. The van der Waals surface area contributed by atoms with Crippen LogP contribution in [0.1, 0.15) is 5.56 Å². The summed E-state index contributed by atoms with van der Waals surface area (Å²) >= 11 is 0.996. The molecule has 0 bridgehead atoms. The lowest BCUT2D eigenvalue weighted by Crippen LogP contribution is -2.15. The van der Waals surface area contributed by atoms with Gasteiger partial charge in [0, 0.05) is 16.6 Å². The zero-order chi connectivity index (χ0) is 18.0. The molecule has 0 saturated carbocycles. The van der Waals surface area contributed by atoms with Crippen LogP contribution in [0.5, 0.6) is 5.06 Å². The van der Waals surface area contributed by atoms with Crippen LogP contribution in [-0.4, -0.2) is 29.9 Å². The molecule has 0 aliphatic carbocycles. The van der Waals surface area contributed by atoms with Gasteiger partial charge in [-0.1, -0.05) is 29.5 Å². The maximum absolute atomic E-state index is 12.6. The van der Waals surface area contributed by atoms with Crippen molar-refractivity contribution in [3.05, 3.63) is 48.3 Å². The molecule has 2 aromatic heterocycles. The number of thiophene rings is 1. The highest BCUT2D eigenvalue weighted by atomic mass is 32.2. The highest BCUT2D eigenvalue weighted by Crippen LogP contribution is 2.41. The first-order chi connectivity index (χ1) is 11.9. The van der Waals surface area contributed by atoms with E-state index in [1.165, 1.54) is 18.3 Å². The van der Waals surface area contributed by atoms with Crippen molar-refractivity contribution in [3.8, 4) is 15.5 Å². The Labute approximate surface area is 147 Å². The normalized spacial score (nSPS) is 11.2. The SMILES string of the molecule is Cc1ccccc1S(=O)(=O)Nc1cc(-c2cn[nH]c2)sc1OC(=O)O. The highest BCUT2D eigenvalue weighted by molar-refractivity contribution is 7.92. The van der Waals surface area contributed by atoms with Crippen molar-refractivity contribution >= 4 is 33.2 Å². The lowest BCUT2D eigenvalue weighted by molar-refractivity contribution is 0.146. The van der Waals surface area contributed by atoms with E-state index in [4.69, 9.17) is 9.84 Å². The summed E-state index contributed by atoms with van der Waals surface area (Å²) in [6.45, 7) is 1.67. The standard InChI is InChI=1S/C15H13N3O5S2/c1-9-4-2-3-5-13(9)25(21,22)18-11-6-12(10-7-16-17-8-10)24-14(11)23-15(19)20/h2-8,18H,1H3,(H,16,17)(H,19,20). The topological polar surface area (TPSA) is 121 Å². The first-order valence-corrected chi connectivity index (χ1v) is 9.29. The molecule has 0 aliphatic heterocycles. The van der Waals surface area contributed by atoms with Crippen molar-refractivity contribution < 1.29 is 23.1 Å². The minimum Gasteiger partial charge on any atom is -0.449 e. The summed E-state index contributed by atoms with van der Waals surface area (Å²) in [7, 11) is -3.90. The van der Waals surface area contributed by atoms with E-state index in [-0.39, 0.29) is 15.6 Å². The maximum atomic E-state index is 12.6. The lowest BCUT2D eigenvalue weighted by Gasteiger charge is -2.10. The number of sulfonamides is 1. The van der Waals surface area contributed by atoms with Gasteiger partial charge in [0.1, 0.15) is 5.69 Å². The molecule has 2 heterocycles. The average molecular weight is 379 g/mol. The molecule has 10 heteroatoms. The number of aromatic nitrogens is 2. The van der Waals surface area contributed by atoms with E-state index in [2.05, 4.69) is 14.9 Å². The Kier molecular flexibility index (Phi) is 4.47. The Morgan fingerprint density at radius 3 is 2.76 bits per heavy atom. The van der Waals surface area contributed by atoms with Gasteiger partial charge >= 0.3 is 6.16 Å². The van der Waals surface area contributed by atoms with Crippen LogP contribution < -0.4 is 9.46 Å². The van der Waals surface area contributed by atoms with Gasteiger partial charge in [-0.15, -0.1) is 0 Å². The Balaban J connectivity index is 2.01. The van der Waals surface area contributed by atoms with Crippen LogP contribution >= 0.6 is 11.3 Å². The molecule has 3 N–H and O–H groups in total. The van der Waals surface area contributed by atoms with Gasteiger partial charge in [0.05, 0.1) is 11.1 Å². The first-order valence-electron chi connectivity index (χ1n) is 6.99. The van der Waals surface area contributed by atoms with Crippen LogP contribution in [0.15, 0.2) is 47.6 Å². The number of nitrogens with zero attached hydrogens (tertiary/aromatic N) is 1. The van der Waals surface area contributed by atoms with E-state index < -0.39 is 16.2 Å². The number of carboxylic acid groups (broad SMARTS) is 1. The summed E-state index contributed by atoms with van der Waals surface area (Å²) in [4.78, 5) is 11.6. The third-order valence-corrected chi connectivity index (χ3v) is 5.88. The number of hydrogen-bond donors (Lipinski definition) is 3. The van der Waals surface area contributed by atoms with Crippen molar-refractivity contribution in [1.29, 1.82) is 0 Å². The molecular weight excluding hydrogens is 366 g/mol.